The van der Waals surface area contributed by atoms with Crippen molar-refractivity contribution in [2.45, 2.75) is 43.9 Å². The Hall–Kier alpha value is -1.40. The van der Waals surface area contributed by atoms with Crippen LogP contribution in [-0.4, -0.2) is 26.0 Å². The molecular weight excluding hydrogens is 278 g/mol. The highest BCUT2D eigenvalue weighted by Gasteiger charge is 2.14. The summed E-state index contributed by atoms with van der Waals surface area (Å²) < 4.78 is 26.7. The Balaban J connectivity index is 2.31. The highest BCUT2D eigenvalue weighted by Crippen LogP contribution is 2.13. The van der Waals surface area contributed by atoms with E-state index in [-0.39, 0.29) is 6.42 Å². The zero-order valence-corrected chi connectivity index (χ0v) is 12.4. The third kappa shape index (κ3) is 5.71. The predicted molar refractivity (Wildman–Crippen MR) is 77.1 cm³/mol. The molecule has 0 atom stereocenters. The largest absolute Gasteiger partial charge is 0.481 e. The third-order valence-corrected chi connectivity index (χ3v) is 4.61. The van der Waals surface area contributed by atoms with E-state index in [1.54, 1.807) is 31.2 Å². The number of aliphatic carboxylic acids is 1. The summed E-state index contributed by atoms with van der Waals surface area (Å²) in [6.45, 7) is 2.14. The van der Waals surface area contributed by atoms with Crippen LogP contribution in [0.5, 0.6) is 0 Å². The van der Waals surface area contributed by atoms with Gasteiger partial charge < -0.3 is 5.11 Å². The Kier molecular flexibility index (Phi) is 6.67. The number of nitrogens with one attached hydrogen (secondary N) is 1. The molecule has 20 heavy (non-hydrogen) atoms. The van der Waals surface area contributed by atoms with Crippen molar-refractivity contribution in [1.82, 2.24) is 4.72 Å². The number of aryl methyl sites for hydroxylation is 1. The van der Waals surface area contributed by atoms with Crippen molar-refractivity contribution in [3.63, 3.8) is 0 Å². The molecule has 1 aromatic carbocycles. The fourth-order valence-corrected chi connectivity index (χ4v) is 3.22. The van der Waals surface area contributed by atoms with Crippen LogP contribution in [-0.2, 0) is 14.8 Å². The normalized spacial score (nSPS) is 11.4. The van der Waals surface area contributed by atoms with E-state index in [0.29, 0.717) is 24.3 Å². The smallest absolute Gasteiger partial charge is 0.303 e. The molecule has 2 N–H and O–H groups in total. The summed E-state index contributed by atoms with van der Waals surface area (Å²) in [5.74, 6) is -0.787. The lowest BCUT2D eigenvalue weighted by Gasteiger charge is -2.08. The fraction of sp³-hybridized carbons (Fsp3) is 0.500. The van der Waals surface area contributed by atoms with Gasteiger partial charge in [-0.15, -0.1) is 0 Å². The molecule has 0 fully saturated rings. The van der Waals surface area contributed by atoms with Gasteiger partial charge in [0.05, 0.1) is 4.90 Å². The van der Waals surface area contributed by atoms with Crippen LogP contribution in [0, 0.1) is 6.92 Å². The van der Waals surface area contributed by atoms with Gasteiger partial charge in [0.25, 0.3) is 0 Å². The second kappa shape index (κ2) is 8.01. The third-order valence-electron chi connectivity index (χ3n) is 2.99. The van der Waals surface area contributed by atoms with Gasteiger partial charge >= 0.3 is 5.97 Å². The summed E-state index contributed by atoms with van der Waals surface area (Å²) in [5.41, 5.74) is 0.724. The standard InChI is InChI=1S/C14H21NO4S/c1-12-8-5-6-9-13(12)20(18,19)15-11-7-3-2-4-10-14(16)17/h5-6,8-9,15H,2-4,7,10-11H2,1H3,(H,16,17). The van der Waals surface area contributed by atoms with Crippen LogP contribution in [0.4, 0.5) is 0 Å². The SMILES string of the molecule is Cc1ccccc1S(=O)(=O)NCCCCCCC(=O)O. The van der Waals surface area contributed by atoms with Gasteiger partial charge in [-0.1, -0.05) is 31.0 Å². The van der Waals surface area contributed by atoms with Crippen LogP contribution in [0.15, 0.2) is 29.2 Å². The summed E-state index contributed by atoms with van der Waals surface area (Å²) in [6, 6.07) is 6.86. The summed E-state index contributed by atoms with van der Waals surface area (Å²) >= 11 is 0. The minimum Gasteiger partial charge on any atom is -0.481 e. The van der Waals surface area contributed by atoms with Crippen LogP contribution >= 0.6 is 0 Å². The molecule has 0 bridgehead atoms. The molecule has 0 aliphatic carbocycles. The number of carbonyl (C=O) groups is 1. The van der Waals surface area contributed by atoms with Gasteiger partial charge in [-0.2, -0.15) is 0 Å². The molecule has 0 radical (unpaired) electrons. The fourth-order valence-electron chi connectivity index (χ4n) is 1.90. The van der Waals surface area contributed by atoms with Crippen molar-refractivity contribution in [2.75, 3.05) is 6.54 Å². The lowest BCUT2D eigenvalue weighted by Crippen LogP contribution is -2.25. The molecule has 0 spiro atoms. The van der Waals surface area contributed by atoms with Gasteiger partial charge in [0.15, 0.2) is 0 Å². The van der Waals surface area contributed by atoms with Crippen LogP contribution in [0.1, 0.15) is 37.7 Å². The molecule has 112 valence electrons. The minimum absolute atomic E-state index is 0.176. The Labute approximate surface area is 120 Å². The molecule has 1 aromatic rings. The molecule has 5 nitrogen and oxygen atoms in total. The first-order valence-corrected chi connectivity index (χ1v) is 8.19. The van der Waals surface area contributed by atoms with E-state index in [1.807, 2.05) is 0 Å². The average Bonchev–Trinajstić information content (AvgIpc) is 2.37. The van der Waals surface area contributed by atoms with Gasteiger partial charge in [0.1, 0.15) is 0 Å². The maximum Gasteiger partial charge on any atom is 0.303 e. The minimum atomic E-state index is -3.44. The van der Waals surface area contributed by atoms with E-state index >= 15 is 0 Å². The maximum atomic E-state index is 12.0. The number of hydrogen-bond acceptors (Lipinski definition) is 3. The van der Waals surface area contributed by atoms with Crippen molar-refractivity contribution in [3.05, 3.63) is 29.8 Å². The number of carboxylic acid groups (broad SMARTS) is 1. The second-order valence-corrected chi connectivity index (χ2v) is 6.46. The zero-order valence-electron chi connectivity index (χ0n) is 11.6. The molecule has 0 saturated carbocycles. The average molecular weight is 299 g/mol. The van der Waals surface area contributed by atoms with Gasteiger partial charge in [-0.3, -0.25) is 4.79 Å². The van der Waals surface area contributed by atoms with E-state index in [1.165, 1.54) is 0 Å². The van der Waals surface area contributed by atoms with Crippen molar-refractivity contribution < 1.29 is 18.3 Å². The molecule has 6 heteroatoms. The van der Waals surface area contributed by atoms with Gasteiger partial charge in [0.2, 0.25) is 10.0 Å². The molecule has 0 aromatic heterocycles. The second-order valence-electron chi connectivity index (χ2n) is 4.72. The number of rotatable bonds is 9. The first-order chi connectivity index (χ1) is 9.43. The molecule has 0 unspecified atom stereocenters. The number of sulfonamides is 1. The molecule has 0 aliphatic rings. The van der Waals surface area contributed by atoms with Crippen LogP contribution in [0.3, 0.4) is 0 Å². The lowest BCUT2D eigenvalue weighted by molar-refractivity contribution is -0.137. The number of carboxylic acids is 1. The van der Waals surface area contributed by atoms with Crippen LogP contribution in [0.25, 0.3) is 0 Å². The number of benzene rings is 1. The zero-order chi connectivity index (χ0) is 15.0. The molecule has 0 aliphatic heterocycles. The molecule has 1 rings (SSSR count). The van der Waals surface area contributed by atoms with Crippen LogP contribution in [0.2, 0.25) is 0 Å². The lowest BCUT2D eigenvalue weighted by atomic mass is 10.1. The first kappa shape index (κ1) is 16.7. The Bertz CT molecular complexity index is 540. The molecule has 0 amide bonds. The molecule has 0 heterocycles. The summed E-state index contributed by atoms with van der Waals surface area (Å²) in [6.07, 6.45) is 3.15. The monoisotopic (exact) mass is 299 g/mol. The topological polar surface area (TPSA) is 83.5 Å². The Morgan fingerprint density at radius 2 is 1.80 bits per heavy atom. The first-order valence-electron chi connectivity index (χ1n) is 6.70. The maximum absolute atomic E-state index is 12.0. The van der Waals surface area contributed by atoms with E-state index in [9.17, 15) is 13.2 Å². The molecular formula is C14H21NO4S. The summed E-state index contributed by atoms with van der Waals surface area (Å²) in [5, 5.41) is 8.48. The summed E-state index contributed by atoms with van der Waals surface area (Å²) in [4.78, 5) is 10.6. The highest BCUT2D eigenvalue weighted by atomic mass is 32.2. The van der Waals surface area contributed by atoms with E-state index in [0.717, 1.165) is 18.4 Å². The van der Waals surface area contributed by atoms with Gasteiger partial charge in [-0.25, -0.2) is 13.1 Å². The molecule has 0 saturated heterocycles. The quantitative estimate of drug-likeness (QED) is 0.685. The Morgan fingerprint density at radius 1 is 1.15 bits per heavy atom. The van der Waals surface area contributed by atoms with Crippen molar-refractivity contribution in [2.24, 2.45) is 0 Å². The highest BCUT2D eigenvalue weighted by molar-refractivity contribution is 7.89. The van der Waals surface area contributed by atoms with Gasteiger partial charge in [0, 0.05) is 13.0 Å². The van der Waals surface area contributed by atoms with Crippen LogP contribution < -0.4 is 4.72 Å². The van der Waals surface area contributed by atoms with E-state index in [4.69, 9.17) is 5.11 Å². The number of unbranched alkanes of at least 4 members (excludes halogenated alkanes) is 3. The van der Waals surface area contributed by atoms with E-state index in [2.05, 4.69) is 4.72 Å². The predicted octanol–water partition coefficient (Wildman–Crippen LogP) is 2.31. The van der Waals surface area contributed by atoms with Gasteiger partial charge in [-0.05, 0) is 31.4 Å². The van der Waals surface area contributed by atoms with Crippen molar-refractivity contribution in [3.8, 4) is 0 Å². The summed E-state index contributed by atoms with van der Waals surface area (Å²) in [7, 11) is -3.44. The Morgan fingerprint density at radius 3 is 2.45 bits per heavy atom. The van der Waals surface area contributed by atoms with Crippen molar-refractivity contribution in [1.29, 1.82) is 0 Å². The van der Waals surface area contributed by atoms with Crippen molar-refractivity contribution >= 4 is 16.0 Å². The number of hydrogen-bond donors (Lipinski definition) is 2. The van der Waals surface area contributed by atoms with E-state index < -0.39 is 16.0 Å².